The molecule has 0 aliphatic carbocycles. The zero-order valence-electron chi connectivity index (χ0n) is 10.7. The van der Waals surface area contributed by atoms with Gasteiger partial charge in [-0.05, 0) is 17.4 Å². The molecule has 5 heteroatoms. The highest BCUT2D eigenvalue weighted by molar-refractivity contribution is 7.89. The molecule has 0 saturated carbocycles. The van der Waals surface area contributed by atoms with E-state index in [9.17, 15) is 8.42 Å². The predicted molar refractivity (Wildman–Crippen MR) is 65.0 cm³/mol. The lowest BCUT2D eigenvalue weighted by Crippen LogP contribution is -2.65. The first-order valence-corrected chi connectivity index (χ1v) is 7.25. The Morgan fingerprint density at radius 1 is 1.47 bits per heavy atom. The quantitative estimate of drug-likeness (QED) is 0.835. The second-order valence-corrected chi connectivity index (χ2v) is 7.58. The maximum absolute atomic E-state index is 12.3. The van der Waals surface area contributed by atoms with Gasteiger partial charge in [-0.3, -0.25) is 0 Å². The molecule has 0 spiro atoms. The van der Waals surface area contributed by atoms with Crippen LogP contribution in [0.1, 0.15) is 27.7 Å². The molecule has 1 aromatic heterocycles. The van der Waals surface area contributed by atoms with Gasteiger partial charge in [-0.2, -0.15) is 4.31 Å². The molecule has 1 unspecified atom stereocenters. The average molecular weight is 257 g/mol. The summed E-state index contributed by atoms with van der Waals surface area (Å²) in [6.07, 6.45) is 2.68. The summed E-state index contributed by atoms with van der Waals surface area (Å²) in [6.45, 7) is 8.91. The third kappa shape index (κ3) is 1.91. The van der Waals surface area contributed by atoms with Crippen LogP contribution < -0.4 is 0 Å². The van der Waals surface area contributed by atoms with Gasteiger partial charge in [0.05, 0.1) is 6.26 Å². The SMILES string of the molecule is CC(C)C1N(S(=O)(=O)c2ccoc2)CC1(C)C. The molecule has 17 heavy (non-hydrogen) atoms. The van der Waals surface area contributed by atoms with Gasteiger partial charge >= 0.3 is 0 Å². The van der Waals surface area contributed by atoms with Crippen molar-refractivity contribution in [1.29, 1.82) is 0 Å². The van der Waals surface area contributed by atoms with Crippen molar-refractivity contribution in [2.24, 2.45) is 11.3 Å². The summed E-state index contributed by atoms with van der Waals surface area (Å²) in [5.41, 5.74) is 0.0466. The van der Waals surface area contributed by atoms with E-state index in [1.165, 1.54) is 18.6 Å². The van der Waals surface area contributed by atoms with Crippen molar-refractivity contribution >= 4 is 10.0 Å². The maximum atomic E-state index is 12.3. The van der Waals surface area contributed by atoms with Crippen molar-refractivity contribution in [3.05, 3.63) is 18.6 Å². The van der Waals surface area contributed by atoms with Gasteiger partial charge in [0.2, 0.25) is 10.0 Å². The van der Waals surface area contributed by atoms with Crippen LogP contribution in [0.4, 0.5) is 0 Å². The lowest BCUT2D eigenvalue weighted by atomic mass is 9.72. The highest BCUT2D eigenvalue weighted by Gasteiger charge is 2.52. The number of rotatable bonds is 3. The summed E-state index contributed by atoms with van der Waals surface area (Å²) in [5, 5.41) is 0. The van der Waals surface area contributed by atoms with E-state index < -0.39 is 10.0 Å². The van der Waals surface area contributed by atoms with Crippen LogP contribution in [0.5, 0.6) is 0 Å². The summed E-state index contributed by atoms with van der Waals surface area (Å²) in [6, 6.07) is 1.56. The van der Waals surface area contributed by atoms with Crippen LogP contribution in [0, 0.1) is 11.3 Å². The van der Waals surface area contributed by atoms with Crippen LogP contribution >= 0.6 is 0 Å². The average Bonchev–Trinajstić information content (AvgIpc) is 2.66. The number of furan rings is 1. The topological polar surface area (TPSA) is 50.5 Å². The molecular weight excluding hydrogens is 238 g/mol. The van der Waals surface area contributed by atoms with Crippen molar-refractivity contribution in [3.8, 4) is 0 Å². The van der Waals surface area contributed by atoms with Crippen molar-refractivity contribution < 1.29 is 12.8 Å². The molecule has 2 heterocycles. The smallest absolute Gasteiger partial charge is 0.246 e. The normalized spacial score (nSPS) is 24.9. The Labute approximate surface area is 103 Å². The van der Waals surface area contributed by atoms with Crippen LogP contribution in [0.3, 0.4) is 0 Å². The molecule has 1 aliphatic rings. The molecule has 0 bridgehead atoms. The molecule has 1 aromatic rings. The summed E-state index contributed by atoms with van der Waals surface area (Å²) in [5.74, 6) is 0.306. The summed E-state index contributed by atoms with van der Waals surface area (Å²) < 4.78 is 31.1. The Balaban J connectivity index is 2.32. The molecule has 96 valence electrons. The molecule has 2 rings (SSSR count). The zero-order chi connectivity index (χ0) is 12.8. The summed E-state index contributed by atoms with van der Waals surface area (Å²) >= 11 is 0. The van der Waals surface area contributed by atoms with Gasteiger partial charge in [-0.25, -0.2) is 8.42 Å². The van der Waals surface area contributed by atoms with E-state index in [4.69, 9.17) is 4.42 Å². The number of hydrogen-bond donors (Lipinski definition) is 0. The Bertz CT molecular complexity index is 488. The molecule has 1 saturated heterocycles. The number of sulfonamides is 1. The molecule has 0 radical (unpaired) electrons. The first-order valence-electron chi connectivity index (χ1n) is 5.81. The molecule has 0 amide bonds. The van der Waals surface area contributed by atoms with Crippen molar-refractivity contribution in [1.82, 2.24) is 4.31 Å². The molecule has 0 aromatic carbocycles. The Kier molecular flexibility index (Phi) is 2.86. The maximum Gasteiger partial charge on any atom is 0.246 e. The first kappa shape index (κ1) is 12.6. The highest BCUT2D eigenvalue weighted by Crippen LogP contribution is 2.44. The predicted octanol–water partition coefficient (Wildman–Crippen LogP) is 2.33. The van der Waals surface area contributed by atoms with E-state index in [-0.39, 0.29) is 16.4 Å². The standard InChI is InChI=1S/C12H19NO3S/c1-9(2)11-12(3,4)8-13(11)17(14,15)10-5-6-16-7-10/h5-7,9,11H,8H2,1-4H3. The highest BCUT2D eigenvalue weighted by atomic mass is 32.2. The second kappa shape index (κ2) is 3.85. The van der Waals surface area contributed by atoms with Crippen LogP contribution in [-0.2, 0) is 10.0 Å². The van der Waals surface area contributed by atoms with Gasteiger partial charge in [-0.1, -0.05) is 27.7 Å². The summed E-state index contributed by atoms with van der Waals surface area (Å²) in [4.78, 5) is 0.249. The lowest BCUT2D eigenvalue weighted by Gasteiger charge is -2.55. The second-order valence-electron chi connectivity index (χ2n) is 5.69. The van der Waals surface area contributed by atoms with E-state index in [0.717, 1.165) is 0 Å². The van der Waals surface area contributed by atoms with Gasteiger partial charge in [0.15, 0.2) is 0 Å². The van der Waals surface area contributed by atoms with E-state index in [1.54, 1.807) is 4.31 Å². The third-order valence-electron chi connectivity index (χ3n) is 3.41. The minimum Gasteiger partial charge on any atom is -0.471 e. The van der Waals surface area contributed by atoms with Crippen LogP contribution in [-0.4, -0.2) is 25.3 Å². The van der Waals surface area contributed by atoms with E-state index >= 15 is 0 Å². The Morgan fingerprint density at radius 3 is 2.53 bits per heavy atom. The number of hydrogen-bond acceptors (Lipinski definition) is 3. The first-order chi connectivity index (χ1) is 7.77. The molecule has 1 atom stereocenters. The third-order valence-corrected chi connectivity index (χ3v) is 5.21. The van der Waals surface area contributed by atoms with Gasteiger partial charge in [0.25, 0.3) is 0 Å². The lowest BCUT2D eigenvalue weighted by molar-refractivity contribution is -0.00926. The van der Waals surface area contributed by atoms with Gasteiger partial charge in [0, 0.05) is 12.6 Å². The van der Waals surface area contributed by atoms with E-state index in [2.05, 4.69) is 27.7 Å². The Morgan fingerprint density at radius 2 is 2.12 bits per heavy atom. The van der Waals surface area contributed by atoms with E-state index in [0.29, 0.717) is 12.5 Å². The fourth-order valence-corrected chi connectivity index (χ4v) is 4.88. The minimum atomic E-state index is -3.38. The molecule has 1 aliphatic heterocycles. The van der Waals surface area contributed by atoms with Crippen molar-refractivity contribution in [2.75, 3.05) is 6.54 Å². The van der Waals surface area contributed by atoms with Gasteiger partial charge in [0.1, 0.15) is 11.2 Å². The van der Waals surface area contributed by atoms with Gasteiger partial charge in [-0.15, -0.1) is 0 Å². The number of nitrogens with zero attached hydrogens (tertiary/aromatic N) is 1. The largest absolute Gasteiger partial charge is 0.471 e. The monoisotopic (exact) mass is 257 g/mol. The van der Waals surface area contributed by atoms with Gasteiger partial charge < -0.3 is 4.42 Å². The molecule has 4 nitrogen and oxygen atoms in total. The zero-order valence-corrected chi connectivity index (χ0v) is 11.5. The fourth-order valence-electron chi connectivity index (χ4n) is 2.87. The minimum absolute atomic E-state index is 0.0466. The molecule has 1 fully saturated rings. The fraction of sp³-hybridized carbons (Fsp3) is 0.667. The Hall–Kier alpha value is -0.810. The van der Waals surface area contributed by atoms with Crippen LogP contribution in [0.2, 0.25) is 0 Å². The molecular formula is C12H19NO3S. The summed E-state index contributed by atoms with van der Waals surface area (Å²) in [7, 11) is -3.38. The van der Waals surface area contributed by atoms with E-state index in [1.807, 2.05) is 0 Å². The van der Waals surface area contributed by atoms with Crippen LogP contribution in [0.15, 0.2) is 27.9 Å². The van der Waals surface area contributed by atoms with Crippen LogP contribution in [0.25, 0.3) is 0 Å². The van der Waals surface area contributed by atoms with Crippen molar-refractivity contribution in [2.45, 2.75) is 38.6 Å². The van der Waals surface area contributed by atoms with Crippen molar-refractivity contribution in [3.63, 3.8) is 0 Å². The molecule has 0 N–H and O–H groups in total.